The standard InChI is InChI=1S/C13H27NO/c1-11-6-5-7-12(10-11)14(4)9-8-13(2,3)15/h11-12,15H,5-10H2,1-4H3. The Morgan fingerprint density at radius 3 is 2.53 bits per heavy atom. The summed E-state index contributed by atoms with van der Waals surface area (Å²) < 4.78 is 0. The van der Waals surface area contributed by atoms with Crippen molar-refractivity contribution in [2.45, 2.75) is 64.5 Å². The second kappa shape index (κ2) is 5.31. The summed E-state index contributed by atoms with van der Waals surface area (Å²) in [6.45, 7) is 7.16. The highest BCUT2D eigenvalue weighted by molar-refractivity contribution is 4.78. The number of hydrogen-bond acceptors (Lipinski definition) is 2. The van der Waals surface area contributed by atoms with E-state index in [2.05, 4.69) is 18.9 Å². The predicted octanol–water partition coefficient (Wildman–Crippen LogP) is 2.66. The largest absolute Gasteiger partial charge is 0.390 e. The Labute approximate surface area is 94.7 Å². The van der Waals surface area contributed by atoms with Gasteiger partial charge in [0.05, 0.1) is 5.60 Å². The number of hydrogen-bond donors (Lipinski definition) is 1. The predicted molar refractivity (Wildman–Crippen MR) is 65.0 cm³/mol. The van der Waals surface area contributed by atoms with E-state index >= 15 is 0 Å². The van der Waals surface area contributed by atoms with Crippen molar-refractivity contribution in [1.82, 2.24) is 4.90 Å². The molecule has 0 aliphatic heterocycles. The Kier molecular flexibility index (Phi) is 4.60. The van der Waals surface area contributed by atoms with Crippen molar-refractivity contribution in [3.05, 3.63) is 0 Å². The van der Waals surface area contributed by atoms with Gasteiger partial charge in [-0.25, -0.2) is 0 Å². The van der Waals surface area contributed by atoms with Crippen LogP contribution in [0.5, 0.6) is 0 Å². The van der Waals surface area contributed by atoms with Crippen molar-refractivity contribution in [3.63, 3.8) is 0 Å². The zero-order valence-corrected chi connectivity index (χ0v) is 10.8. The third kappa shape index (κ3) is 4.98. The van der Waals surface area contributed by atoms with Crippen LogP contribution >= 0.6 is 0 Å². The van der Waals surface area contributed by atoms with Crippen LogP contribution in [-0.2, 0) is 0 Å². The molecule has 0 aromatic rings. The van der Waals surface area contributed by atoms with Gasteiger partial charge in [0.1, 0.15) is 0 Å². The first-order chi connectivity index (χ1) is 6.88. The van der Waals surface area contributed by atoms with E-state index in [4.69, 9.17) is 0 Å². The average molecular weight is 213 g/mol. The zero-order chi connectivity index (χ0) is 11.5. The molecule has 0 aromatic heterocycles. The number of nitrogens with zero attached hydrogens (tertiary/aromatic N) is 1. The maximum atomic E-state index is 9.69. The van der Waals surface area contributed by atoms with Crippen LogP contribution < -0.4 is 0 Å². The molecule has 2 atom stereocenters. The van der Waals surface area contributed by atoms with E-state index in [9.17, 15) is 5.11 Å². The van der Waals surface area contributed by atoms with Crippen LogP contribution in [-0.4, -0.2) is 35.2 Å². The molecular weight excluding hydrogens is 186 g/mol. The summed E-state index contributed by atoms with van der Waals surface area (Å²) in [6, 6.07) is 0.746. The quantitative estimate of drug-likeness (QED) is 0.776. The van der Waals surface area contributed by atoms with E-state index in [1.54, 1.807) is 0 Å². The van der Waals surface area contributed by atoms with Crippen LogP contribution in [0.1, 0.15) is 52.9 Å². The molecule has 15 heavy (non-hydrogen) atoms. The second-order valence-corrected chi connectivity index (χ2v) is 5.97. The van der Waals surface area contributed by atoms with Gasteiger partial charge in [-0.2, -0.15) is 0 Å². The maximum absolute atomic E-state index is 9.69. The minimum absolute atomic E-state index is 0.519. The molecule has 0 saturated heterocycles. The minimum atomic E-state index is -0.519. The fourth-order valence-corrected chi connectivity index (χ4v) is 2.43. The van der Waals surface area contributed by atoms with Gasteiger partial charge in [-0.1, -0.05) is 19.8 Å². The summed E-state index contributed by atoms with van der Waals surface area (Å²) >= 11 is 0. The van der Waals surface area contributed by atoms with Crippen molar-refractivity contribution < 1.29 is 5.11 Å². The van der Waals surface area contributed by atoms with Gasteiger partial charge in [0.25, 0.3) is 0 Å². The fraction of sp³-hybridized carbons (Fsp3) is 1.00. The third-order valence-electron chi connectivity index (χ3n) is 3.61. The molecule has 1 aliphatic rings. The summed E-state index contributed by atoms with van der Waals surface area (Å²) in [4.78, 5) is 2.44. The smallest absolute Gasteiger partial charge is 0.0603 e. The fourth-order valence-electron chi connectivity index (χ4n) is 2.43. The Balaban J connectivity index is 2.29. The molecule has 1 N–H and O–H groups in total. The van der Waals surface area contributed by atoms with E-state index in [1.165, 1.54) is 25.7 Å². The van der Waals surface area contributed by atoms with Crippen molar-refractivity contribution >= 4 is 0 Å². The van der Waals surface area contributed by atoms with Crippen LogP contribution in [0.2, 0.25) is 0 Å². The molecule has 0 radical (unpaired) electrons. The number of rotatable bonds is 4. The van der Waals surface area contributed by atoms with Crippen LogP contribution in [0.4, 0.5) is 0 Å². The lowest BCUT2D eigenvalue weighted by atomic mass is 9.86. The van der Waals surface area contributed by atoms with Gasteiger partial charge >= 0.3 is 0 Å². The second-order valence-electron chi connectivity index (χ2n) is 5.97. The SMILES string of the molecule is CC1CCCC(N(C)CCC(C)(C)O)C1. The lowest BCUT2D eigenvalue weighted by Gasteiger charge is -2.35. The van der Waals surface area contributed by atoms with Gasteiger partial charge in [0, 0.05) is 12.6 Å². The molecule has 0 spiro atoms. The van der Waals surface area contributed by atoms with E-state index in [-0.39, 0.29) is 0 Å². The molecule has 1 rings (SSSR count). The highest BCUT2D eigenvalue weighted by atomic mass is 16.3. The summed E-state index contributed by atoms with van der Waals surface area (Å²) in [6.07, 6.45) is 6.32. The van der Waals surface area contributed by atoms with Gasteiger partial charge in [0.15, 0.2) is 0 Å². The van der Waals surface area contributed by atoms with Crippen LogP contribution in [0.25, 0.3) is 0 Å². The molecule has 0 heterocycles. The van der Waals surface area contributed by atoms with Gasteiger partial charge in [-0.15, -0.1) is 0 Å². The first-order valence-corrected chi connectivity index (χ1v) is 6.31. The van der Waals surface area contributed by atoms with E-state index < -0.39 is 5.60 Å². The first-order valence-electron chi connectivity index (χ1n) is 6.31. The van der Waals surface area contributed by atoms with E-state index in [1.807, 2.05) is 13.8 Å². The zero-order valence-electron chi connectivity index (χ0n) is 10.8. The highest BCUT2D eigenvalue weighted by Gasteiger charge is 2.23. The van der Waals surface area contributed by atoms with Crippen molar-refractivity contribution in [2.24, 2.45) is 5.92 Å². The first kappa shape index (κ1) is 13.0. The molecule has 0 amide bonds. The molecule has 2 heteroatoms. The van der Waals surface area contributed by atoms with Crippen molar-refractivity contribution in [3.8, 4) is 0 Å². The molecule has 2 nitrogen and oxygen atoms in total. The summed E-state index contributed by atoms with van der Waals surface area (Å²) in [5, 5.41) is 9.69. The Bertz CT molecular complexity index is 185. The molecular formula is C13H27NO. The van der Waals surface area contributed by atoms with Gasteiger partial charge in [0.2, 0.25) is 0 Å². The summed E-state index contributed by atoms with van der Waals surface area (Å²) in [7, 11) is 2.20. The van der Waals surface area contributed by atoms with Gasteiger partial charge in [-0.3, -0.25) is 0 Å². The van der Waals surface area contributed by atoms with E-state index in [0.29, 0.717) is 0 Å². The Hall–Kier alpha value is -0.0800. The van der Waals surface area contributed by atoms with Crippen LogP contribution in [0.3, 0.4) is 0 Å². The molecule has 0 bridgehead atoms. The molecule has 90 valence electrons. The Morgan fingerprint density at radius 1 is 1.33 bits per heavy atom. The third-order valence-corrected chi connectivity index (χ3v) is 3.61. The summed E-state index contributed by atoms with van der Waals surface area (Å²) in [5.74, 6) is 0.883. The molecule has 1 fully saturated rings. The molecule has 1 saturated carbocycles. The summed E-state index contributed by atoms with van der Waals surface area (Å²) in [5.41, 5.74) is -0.519. The van der Waals surface area contributed by atoms with E-state index in [0.717, 1.165) is 24.9 Å². The van der Waals surface area contributed by atoms with Crippen LogP contribution in [0.15, 0.2) is 0 Å². The Morgan fingerprint density at radius 2 is 2.00 bits per heavy atom. The average Bonchev–Trinajstić information content (AvgIpc) is 2.13. The lowest BCUT2D eigenvalue weighted by Crippen LogP contribution is -2.38. The maximum Gasteiger partial charge on any atom is 0.0603 e. The highest BCUT2D eigenvalue weighted by Crippen LogP contribution is 2.27. The van der Waals surface area contributed by atoms with Gasteiger partial charge < -0.3 is 10.0 Å². The van der Waals surface area contributed by atoms with Crippen molar-refractivity contribution in [2.75, 3.05) is 13.6 Å². The lowest BCUT2D eigenvalue weighted by molar-refractivity contribution is 0.0505. The minimum Gasteiger partial charge on any atom is -0.390 e. The van der Waals surface area contributed by atoms with Gasteiger partial charge in [-0.05, 0) is 46.1 Å². The normalized spacial score (nSPS) is 28.4. The molecule has 1 aliphatic carbocycles. The molecule has 2 unspecified atom stereocenters. The molecule has 0 aromatic carbocycles. The monoisotopic (exact) mass is 213 g/mol. The van der Waals surface area contributed by atoms with Crippen LogP contribution in [0, 0.1) is 5.92 Å². The number of aliphatic hydroxyl groups is 1. The topological polar surface area (TPSA) is 23.5 Å². The van der Waals surface area contributed by atoms with Crippen molar-refractivity contribution in [1.29, 1.82) is 0 Å².